The predicted molar refractivity (Wildman–Crippen MR) is 78.1 cm³/mol. The average Bonchev–Trinajstić information content (AvgIpc) is 2.43. The van der Waals surface area contributed by atoms with E-state index < -0.39 is 0 Å². The van der Waals surface area contributed by atoms with E-state index in [1.54, 1.807) is 11.0 Å². The highest BCUT2D eigenvalue weighted by molar-refractivity contribution is 6.32. The summed E-state index contributed by atoms with van der Waals surface area (Å²) in [7, 11) is 0. The number of piperazine rings is 1. The Morgan fingerprint density at radius 3 is 2.60 bits per heavy atom. The van der Waals surface area contributed by atoms with Gasteiger partial charge in [0.1, 0.15) is 10.3 Å². The number of aromatic nitrogens is 1. The lowest BCUT2D eigenvalue weighted by atomic mass is 10.2. The first-order chi connectivity index (χ1) is 9.60. The maximum absolute atomic E-state index is 11.6. The van der Waals surface area contributed by atoms with Gasteiger partial charge < -0.3 is 9.64 Å². The second kappa shape index (κ2) is 7.11. The van der Waals surface area contributed by atoms with E-state index in [1.807, 2.05) is 13.0 Å². The molecule has 0 atom stereocenters. The molecule has 2 heterocycles. The number of hydrogen-bond acceptors (Lipinski definition) is 4. The Balaban J connectivity index is 1.86. The Morgan fingerprint density at radius 2 is 2.00 bits per heavy atom. The molecule has 1 aliphatic heterocycles. The quantitative estimate of drug-likeness (QED) is 0.804. The van der Waals surface area contributed by atoms with Crippen molar-refractivity contribution < 1.29 is 9.53 Å². The van der Waals surface area contributed by atoms with Gasteiger partial charge in [-0.25, -0.2) is 9.78 Å². The molecule has 0 aliphatic carbocycles. The fourth-order valence-electron chi connectivity index (χ4n) is 2.10. The Kier molecular flexibility index (Phi) is 5.46. The summed E-state index contributed by atoms with van der Waals surface area (Å²) in [4.78, 5) is 19.6. The van der Waals surface area contributed by atoms with Crippen LogP contribution in [0.2, 0.25) is 10.3 Å². The summed E-state index contributed by atoms with van der Waals surface area (Å²) in [6.07, 6.45) is -0.238. The number of nitrogens with zero attached hydrogens (tertiary/aromatic N) is 3. The van der Waals surface area contributed by atoms with Crippen LogP contribution in [0, 0.1) is 0 Å². The molecule has 1 aliphatic rings. The number of amides is 1. The van der Waals surface area contributed by atoms with E-state index in [9.17, 15) is 4.79 Å². The summed E-state index contributed by atoms with van der Waals surface area (Å²) in [5.41, 5.74) is 0.945. The number of ether oxygens (including phenoxy) is 1. The molecule has 20 heavy (non-hydrogen) atoms. The van der Waals surface area contributed by atoms with Gasteiger partial charge >= 0.3 is 6.09 Å². The number of halogens is 2. The number of carbonyl (C=O) groups excluding carboxylic acids is 1. The first kappa shape index (κ1) is 15.4. The number of rotatable bonds is 3. The van der Waals surface area contributed by atoms with Crippen LogP contribution in [-0.2, 0) is 11.3 Å². The minimum Gasteiger partial charge on any atom is -0.450 e. The normalized spacial score (nSPS) is 16.2. The second-order valence-electron chi connectivity index (χ2n) is 4.55. The first-order valence-electron chi connectivity index (χ1n) is 6.55. The molecule has 1 aromatic rings. The highest BCUT2D eigenvalue weighted by Gasteiger charge is 2.22. The van der Waals surface area contributed by atoms with Crippen molar-refractivity contribution in [1.29, 1.82) is 0 Å². The molecule has 1 fully saturated rings. The molecule has 0 N–H and O–H groups in total. The van der Waals surface area contributed by atoms with Gasteiger partial charge in [-0.3, -0.25) is 4.90 Å². The third-order valence-corrected chi connectivity index (χ3v) is 3.72. The van der Waals surface area contributed by atoms with E-state index in [1.165, 1.54) is 0 Å². The molecular weight excluding hydrogens is 301 g/mol. The van der Waals surface area contributed by atoms with E-state index >= 15 is 0 Å². The molecule has 0 saturated carbocycles. The van der Waals surface area contributed by atoms with Crippen molar-refractivity contribution in [2.75, 3.05) is 32.8 Å². The number of hydrogen-bond donors (Lipinski definition) is 0. The van der Waals surface area contributed by atoms with Gasteiger partial charge in [0.25, 0.3) is 0 Å². The standard InChI is InChI=1S/C13H17Cl2N3O2/c1-2-20-13(19)18-7-5-17(6-8-18)9-10-3-4-11(14)16-12(10)15/h3-4H,2,5-9H2,1H3. The van der Waals surface area contributed by atoms with Crippen LogP contribution < -0.4 is 0 Å². The molecule has 0 bridgehead atoms. The van der Waals surface area contributed by atoms with Crippen LogP contribution in [0.15, 0.2) is 12.1 Å². The molecule has 7 heteroatoms. The fraction of sp³-hybridized carbons (Fsp3) is 0.538. The Hall–Kier alpha value is -1.04. The third-order valence-electron chi connectivity index (χ3n) is 3.18. The van der Waals surface area contributed by atoms with Gasteiger partial charge in [-0.2, -0.15) is 0 Å². The minimum atomic E-state index is -0.238. The SMILES string of the molecule is CCOC(=O)N1CCN(Cc2ccc(Cl)nc2Cl)CC1. The molecule has 0 radical (unpaired) electrons. The molecule has 1 aromatic heterocycles. The zero-order chi connectivity index (χ0) is 14.5. The lowest BCUT2D eigenvalue weighted by Crippen LogP contribution is -2.48. The monoisotopic (exact) mass is 317 g/mol. The topological polar surface area (TPSA) is 45.7 Å². The van der Waals surface area contributed by atoms with Gasteiger partial charge in [0.05, 0.1) is 6.61 Å². The van der Waals surface area contributed by atoms with Gasteiger partial charge in [0, 0.05) is 38.3 Å². The van der Waals surface area contributed by atoms with Crippen LogP contribution >= 0.6 is 23.2 Å². The van der Waals surface area contributed by atoms with Crippen LogP contribution in [0.5, 0.6) is 0 Å². The van der Waals surface area contributed by atoms with E-state index in [2.05, 4.69) is 9.88 Å². The van der Waals surface area contributed by atoms with E-state index in [0.717, 1.165) is 18.7 Å². The molecule has 2 rings (SSSR count). The fourth-order valence-corrected chi connectivity index (χ4v) is 2.51. The summed E-state index contributed by atoms with van der Waals surface area (Å²) in [5.74, 6) is 0. The zero-order valence-corrected chi connectivity index (χ0v) is 12.8. The van der Waals surface area contributed by atoms with E-state index in [4.69, 9.17) is 27.9 Å². The molecule has 110 valence electrons. The molecule has 1 saturated heterocycles. The van der Waals surface area contributed by atoms with Gasteiger partial charge in [-0.05, 0) is 13.0 Å². The Bertz CT molecular complexity index is 477. The highest BCUT2D eigenvalue weighted by atomic mass is 35.5. The summed E-state index contributed by atoms with van der Waals surface area (Å²) in [5, 5.41) is 0.830. The first-order valence-corrected chi connectivity index (χ1v) is 7.30. The van der Waals surface area contributed by atoms with Crippen molar-refractivity contribution in [2.45, 2.75) is 13.5 Å². The Labute approximate surface area is 128 Å². The van der Waals surface area contributed by atoms with Crippen LogP contribution in [0.3, 0.4) is 0 Å². The maximum atomic E-state index is 11.6. The number of carbonyl (C=O) groups is 1. The molecule has 0 spiro atoms. The Morgan fingerprint density at radius 1 is 1.30 bits per heavy atom. The van der Waals surface area contributed by atoms with Crippen molar-refractivity contribution in [2.24, 2.45) is 0 Å². The van der Waals surface area contributed by atoms with E-state index in [-0.39, 0.29) is 6.09 Å². The summed E-state index contributed by atoms with van der Waals surface area (Å²) in [6.45, 7) is 5.83. The molecule has 0 unspecified atom stereocenters. The summed E-state index contributed by atoms with van der Waals surface area (Å²) < 4.78 is 4.99. The van der Waals surface area contributed by atoms with Crippen molar-refractivity contribution in [3.8, 4) is 0 Å². The predicted octanol–water partition coefficient (Wildman–Crippen LogP) is 2.66. The van der Waals surface area contributed by atoms with E-state index in [0.29, 0.717) is 36.5 Å². The molecular formula is C13H17Cl2N3O2. The maximum Gasteiger partial charge on any atom is 0.409 e. The van der Waals surface area contributed by atoms with Crippen LogP contribution in [0.4, 0.5) is 4.79 Å². The molecule has 1 amide bonds. The van der Waals surface area contributed by atoms with Crippen molar-refractivity contribution in [3.05, 3.63) is 28.0 Å². The number of pyridine rings is 1. The van der Waals surface area contributed by atoms with Crippen LogP contribution in [-0.4, -0.2) is 53.7 Å². The smallest absolute Gasteiger partial charge is 0.409 e. The average molecular weight is 318 g/mol. The van der Waals surface area contributed by atoms with Crippen LogP contribution in [0.1, 0.15) is 12.5 Å². The zero-order valence-electron chi connectivity index (χ0n) is 11.3. The lowest BCUT2D eigenvalue weighted by molar-refractivity contribution is 0.0778. The van der Waals surface area contributed by atoms with Gasteiger partial charge in [-0.15, -0.1) is 0 Å². The van der Waals surface area contributed by atoms with Crippen molar-refractivity contribution >= 4 is 29.3 Å². The second-order valence-corrected chi connectivity index (χ2v) is 5.29. The largest absolute Gasteiger partial charge is 0.450 e. The van der Waals surface area contributed by atoms with Crippen molar-refractivity contribution in [1.82, 2.24) is 14.8 Å². The molecule has 5 nitrogen and oxygen atoms in total. The lowest BCUT2D eigenvalue weighted by Gasteiger charge is -2.34. The van der Waals surface area contributed by atoms with Gasteiger partial charge in [-0.1, -0.05) is 29.3 Å². The van der Waals surface area contributed by atoms with Gasteiger partial charge in [0.15, 0.2) is 0 Å². The highest BCUT2D eigenvalue weighted by Crippen LogP contribution is 2.19. The molecule has 0 aromatic carbocycles. The third kappa shape index (κ3) is 3.98. The van der Waals surface area contributed by atoms with Gasteiger partial charge in [0.2, 0.25) is 0 Å². The summed E-state index contributed by atoms with van der Waals surface area (Å²) in [6, 6.07) is 3.62. The minimum absolute atomic E-state index is 0.238. The van der Waals surface area contributed by atoms with Crippen molar-refractivity contribution in [3.63, 3.8) is 0 Å². The summed E-state index contributed by atoms with van der Waals surface area (Å²) >= 11 is 11.8. The van der Waals surface area contributed by atoms with Crippen LogP contribution in [0.25, 0.3) is 0 Å².